The van der Waals surface area contributed by atoms with Gasteiger partial charge >= 0.3 is 5.97 Å². The van der Waals surface area contributed by atoms with Crippen LogP contribution in [0.15, 0.2) is 11.8 Å². The van der Waals surface area contributed by atoms with E-state index in [4.69, 9.17) is 4.74 Å². The second kappa shape index (κ2) is 5.64. The molecule has 0 saturated carbocycles. The van der Waals surface area contributed by atoms with E-state index >= 15 is 0 Å². The van der Waals surface area contributed by atoms with Gasteiger partial charge in [0.15, 0.2) is 6.10 Å². The van der Waals surface area contributed by atoms with E-state index in [9.17, 15) is 9.90 Å². The third-order valence-corrected chi connectivity index (χ3v) is 8.05. The van der Waals surface area contributed by atoms with Crippen molar-refractivity contribution in [1.82, 2.24) is 0 Å². The van der Waals surface area contributed by atoms with E-state index in [1.807, 2.05) is 5.70 Å². The van der Waals surface area contributed by atoms with Gasteiger partial charge in [-0.3, -0.25) is 0 Å². The van der Waals surface area contributed by atoms with Gasteiger partial charge in [0.1, 0.15) is 0 Å². The molecule has 16 heavy (non-hydrogen) atoms. The molecule has 0 rings (SSSR count). The van der Waals surface area contributed by atoms with Crippen molar-refractivity contribution in [3.8, 4) is 0 Å². The summed E-state index contributed by atoms with van der Waals surface area (Å²) >= 11 is 0. The van der Waals surface area contributed by atoms with Crippen molar-refractivity contribution in [1.29, 1.82) is 0 Å². The second-order valence-electron chi connectivity index (χ2n) is 5.53. The molecule has 0 aromatic carbocycles. The summed E-state index contributed by atoms with van der Waals surface area (Å²) in [6, 6.07) is 0. The molecule has 3 nitrogen and oxygen atoms in total. The molecule has 0 aromatic rings. The molecule has 0 amide bonds. The van der Waals surface area contributed by atoms with E-state index in [0.717, 1.165) is 0 Å². The summed E-state index contributed by atoms with van der Waals surface area (Å²) in [5.74, 6) is -0.572. The first kappa shape index (κ1) is 15.4. The maximum Gasteiger partial charge on any atom is 0.338 e. The van der Waals surface area contributed by atoms with Gasteiger partial charge in [0.25, 0.3) is 0 Å². The summed E-state index contributed by atoms with van der Waals surface area (Å²) in [5, 5.41) is 9.74. The van der Waals surface area contributed by atoms with Gasteiger partial charge in [0, 0.05) is 0 Å². The first-order valence-electron chi connectivity index (χ1n) is 5.66. The predicted octanol–water partition coefficient (Wildman–Crippen LogP) is 2.51. The van der Waals surface area contributed by atoms with Crippen LogP contribution in [0, 0.1) is 0 Å². The SMILES string of the molecule is CCOC(=O)[C@H](O)/C=C/[Si](C)(C)C(C)(C)C. The van der Waals surface area contributed by atoms with Crippen LogP contribution in [0.2, 0.25) is 18.1 Å². The number of ether oxygens (including phenoxy) is 1. The Morgan fingerprint density at radius 1 is 1.44 bits per heavy atom. The average Bonchev–Trinajstić information content (AvgIpc) is 2.12. The van der Waals surface area contributed by atoms with Gasteiger partial charge in [-0.25, -0.2) is 4.79 Å². The van der Waals surface area contributed by atoms with Crippen LogP contribution in [0.5, 0.6) is 0 Å². The molecule has 0 fully saturated rings. The van der Waals surface area contributed by atoms with Gasteiger partial charge in [-0.05, 0) is 12.0 Å². The minimum atomic E-state index is -1.58. The highest BCUT2D eigenvalue weighted by molar-refractivity contribution is 6.84. The quantitative estimate of drug-likeness (QED) is 0.610. The van der Waals surface area contributed by atoms with Crippen LogP contribution in [-0.4, -0.2) is 31.9 Å². The summed E-state index contributed by atoms with van der Waals surface area (Å²) in [4.78, 5) is 11.2. The molecule has 0 heterocycles. The van der Waals surface area contributed by atoms with Gasteiger partial charge in [0.2, 0.25) is 0 Å². The molecule has 0 unspecified atom stereocenters. The summed E-state index contributed by atoms with van der Waals surface area (Å²) in [6.45, 7) is 13.0. The normalized spacial score (nSPS) is 15.2. The molecule has 0 saturated heterocycles. The van der Waals surface area contributed by atoms with E-state index in [2.05, 4.69) is 33.9 Å². The zero-order valence-electron chi connectivity index (χ0n) is 11.2. The van der Waals surface area contributed by atoms with Crippen molar-refractivity contribution < 1.29 is 14.6 Å². The van der Waals surface area contributed by atoms with Crippen LogP contribution in [-0.2, 0) is 9.53 Å². The maximum atomic E-state index is 11.2. The standard InChI is InChI=1S/C12H24O3Si/c1-7-15-11(14)10(13)8-9-16(5,6)12(2,3)4/h8-10,13H,7H2,1-6H3/b9-8+/t10-/m1/s1. The minimum Gasteiger partial charge on any atom is -0.464 e. The summed E-state index contributed by atoms with van der Waals surface area (Å²) in [7, 11) is -1.58. The Labute approximate surface area is 99.5 Å². The molecule has 0 aliphatic heterocycles. The fourth-order valence-corrected chi connectivity index (χ4v) is 2.05. The zero-order valence-corrected chi connectivity index (χ0v) is 12.2. The van der Waals surface area contributed by atoms with Crippen LogP contribution in [0.1, 0.15) is 27.7 Å². The van der Waals surface area contributed by atoms with E-state index in [1.54, 1.807) is 13.0 Å². The largest absolute Gasteiger partial charge is 0.464 e. The third kappa shape index (κ3) is 4.49. The summed E-state index contributed by atoms with van der Waals surface area (Å²) < 4.78 is 4.73. The molecule has 1 atom stereocenters. The lowest BCUT2D eigenvalue weighted by Gasteiger charge is -2.34. The van der Waals surface area contributed by atoms with Gasteiger partial charge in [-0.2, -0.15) is 0 Å². The number of aliphatic hydroxyl groups is 1. The molecule has 0 aliphatic carbocycles. The molecular weight excluding hydrogens is 220 g/mol. The van der Waals surface area contributed by atoms with Crippen molar-refractivity contribution in [2.45, 2.75) is 51.9 Å². The van der Waals surface area contributed by atoms with E-state index in [1.165, 1.54) is 0 Å². The first-order valence-corrected chi connectivity index (χ1v) is 8.73. The molecule has 0 aromatic heterocycles. The monoisotopic (exact) mass is 244 g/mol. The third-order valence-electron chi connectivity index (χ3n) is 3.16. The smallest absolute Gasteiger partial charge is 0.338 e. The van der Waals surface area contributed by atoms with Crippen molar-refractivity contribution in [3.63, 3.8) is 0 Å². The van der Waals surface area contributed by atoms with E-state index in [0.29, 0.717) is 6.61 Å². The number of hydrogen-bond donors (Lipinski definition) is 1. The Bertz CT molecular complexity index is 264. The molecule has 0 aliphatic rings. The average molecular weight is 244 g/mol. The Morgan fingerprint density at radius 2 is 1.94 bits per heavy atom. The highest BCUT2D eigenvalue weighted by Gasteiger charge is 2.32. The maximum absolute atomic E-state index is 11.2. The highest BCUT2D eigenvalue weighted by Crippen LogP contribution is 2.36. The minimum absolute atomic E-state index is 0.206. The van der Waals surface area contributed by atoms with Crippen molar-refractivity contribution in [2.24, 2.45) is 0 Å². The predicted molar refractivity (Wildman–Crippen MR) is 69.0 cm³/mol. The van der Waals surface area contributed by atoms with Crippen molar-refractivity contribution >= 4 is 14.0 Å². The lowest BCUT2D eigenvalue weighted by Crippen LogP contribution is -2.35. The molecule has 94 valence electrons. The lowest BCUT2D eigenvalue weighted by molar-refractivity contribution is -0.150. The second-order valence-corrected chi connectivity index (χ2v) is 10.8. The zero-order chi connectivity index (χ0) is 13.0. The van der Waals surface area contributed by atoms with Gasteiger partial charge < -0.3 is 9.84 Å². The van der Waals surface area contributed by atoms with Crippen LogP contribution in [0.4, 0.5) is 0 Å². The Morgan fingerprint density at radius 3 is 2.31 bits per heavy atom. The van der Waals surface area contributed by atoms with Crippen molar-refractivity contribution in [2.75, 3.05) is 6.61 Å². The molecule has 0 spiro atoms. The first-order chi connectivity index (χ1) is 7.12. The van der Waals surface area contributed by atoms with Crippen LogP contribution in [0.25, 0.3) is 0 Å². The van der Waals surface area contributed by atoms with E-state index in [-0.39, 0.29) is 5.04 Å². The molecule has 1 N–H and O–H groups in total. The molecule has 0 radical (unpaired) electrons. The number of hydrogen-bond acceptors (Lipinski definition) is 3. The van der Waals surface area contributed by atoms with Crippen LogP contribution in [0.3, 0.4) is 0 Å². The number of aliphatic hydroxyl groups excluding tert-OH is 1. The molecular formula is C12H24O3Si. The number of esters is 1. The Hall–Kier alpha value is -0.613. The Kier molecular flexibility index (Phi) is 5.42. The van der Waals surface area contributed by atoms with E-state index < -0.39 is 20.1 Å². The van der Waals surface area contributed by atoms with Gasteiger partial charge in [-0.1, -0.05) is 45.6 Å². The number of carbonyl (C=O) groups excluding carboxylic acids is 1. The molecule has 0 bridgehead atoms. The topological polar surface area (TPSA) is 46.5 Å². The summed E-state index contributed by atoms with van der Waals surface area (Å²) in [6.07, 6.45) is 0.434. The van der Waals surface area contributed by atoms with Gasteiger partial charge in [-0.15, -0.1) is 0 Å². The molecule has 4 heteroatoms. The van der Waals surface area contributed by atoms with Crippen molar-refractivity contribution in [3.05, 3.63) is 11.8 Å². The highest BCUT2D eigenvalue weighted by atomic mass is 28.3. The van der Waals surface area contributed by atoms with Crippen LogP contribution >= 0.6 is 0 Å². The number of rotatable bonds is 4. The number of carbonyl (C=O) groups is 1. The lowest BCUT2D eigenvalue weighted by atomic mass is 10.2. The fraction of sp³-hybridized carbons (Fsp3) is 0.750. The summed E-state index contributed by atoms with van der Waals surface area (Å²) in [5.41, 5.74) is 2.01. The van der Waals surface area contributed by atoms with Gasteiger partial charge in [0.05, 0.1) is 14.7 Å². The van der Waals surface area contributed by atoms with Crippen LogP contribution < -0.4 is 0 Å². The fourth-order valence-electron chi connectivity index (χ4n) is 0.888. The Balaban J connectivity index is 4.55.